The highest BCUT2D eigenvalue weighted by molar-refractivity contribution is 7.88. The van der Waals surface area contributed by atoms with Gasteiger partial charge in [0.15, 0.2) is 0 Å². The van der Waals surface area contributed by atoms with Crippen LogP contribution in [-0.2, 0) is 10.0 Å². The average Bonchev–Trinajstić information content (AvgIpc) is 2.54. The molecule has 8 heteroatoms. The fourth-order valence-electron chi connectivity index (χ4n) is 3.09. The predicted octanol–water partition coefficient (Wildman–Crippen LogP) is 1.27. The molecule has 1 aromatic carbocycles. The van der Waals surface area contributed by atoms with E-state index in [1.54, 1.807) is 24.0 Å². The molecule has 1 aliphatic rings. The highest BCUT2D eigenvalue weighted by Gasteiger charge is 2.30. The smallest absolute Gasteiger partial charge is 0.335 e. The van der Waals surface area contributed by atoms with Gasteiger partial charge in [-0.1, -0.05) is 13.0 Å². The summed E-state index contributed by atoms with van der Waals surface area (Å²) in [4.78, 5) is 25.2. The third-order valence-corrected chi connectivity index (χ3v) is 5.66. The summed E-state index contributed by atoms with van der Waals surface area (Å²) >= 11 is 0. The zero-order chi connectivity index (χ0) is 17.9. The molecular formula is C16H22N2O5S. The van der Waals surface area contributed by atoms with Crippen molar-refractivity contribution in [3.05, 3.63) is 35.4 Å². The lowest BCUT2D eigenvalue weighted by Gasteiger charge is -2.36. The Morgan fingerprint density at radius 1 is 1.25 bits per heavy atom. The molecule has 0 unspecified atom stereocenters. The molecule has 0 bridgehead atoms. The van der Waals surface area contributed by atoms with Crippen LogP contribution in [0, 0.1) is 0 Å². The molecule has 0 atom stereocenters. The van der Waals surface area contributed by atoms with Crippen molar-refractivity contribution in [1.82, 2.24) is 9.21 Å². The van der Waals surface area contributed by atoms with Crippen LogP contribution in [0.1, 0.15) is 40.5 Å². The van der Waals surface area contributed by atoms with Gasteiger partial charge in [0.05, 0.1) is 11.8 Å². The molecule has 2 rings (SSSR count). The number of amides is 1. The number of carbonyl (C=O) groups excluding carboxylic acids is 1. The van der Waals surface area contributed by atoms with Gasteiger partial charge in [-0.2, -0.15) is 4.31 Å². The summed E-state index contributed by atoms with van der Waals surface area (Å²) in [6.07, 6.45) is 2.35. The molecule has 0 aliphatic carbocycles. The highest BCUT2D eigenvalue weighted by Crippen LogP contribution is 2.20. The summed E-state index contributed by atoms with van der Waals surface area (Å²) in [5.74, 6) is -1.30. The number of hydrogen-bond donors (Lipinski definition) is 1. The molecule has 1 aliphatic heterocycles. The van der Waals surface area contributed by atoms with Crippen LogP contribution in [-0.4, -0.2) is 66.5 Å². The Balaban J connectivity index is 2.05. The summed E-state index contributed by atoms with van der Waals surface area (Å²) in [7, 11) is -3.26. The molecule has 1 N–H and O–H groups in total. The number of piperidine rings is 1. The largest absolute Gasteiger partial charge is 0.478 e. The Kier molecular flexibility index (Phi) is 5.61. The fourth-order valence-corrected chi connectivity index (χ4v) is 4.31. The number of benzene rings is 1. The number of sulfonamides is 1. The lowest BCUT2D eigenvalue weighted by atomic mass is 10.0. The second-order valence-electron chi connectivity index (χ2n) is 5.88. The van der Waals surface area contributed by atoms with E-state index in [4.69, 9.17) is 5.11 Å². The van der Waals surface area contributed by atoms with E-state index in [-0.39, 0.29) is 17.5 Å². The molecule has 0 radical (unpaired) electrons. The van der Waals surface area contributed by atoms with E-state index in [1.807, 2.05) is 0 Å². The summed E-state index contributed by atoms with van der Waals surface area (Å²) < 4.78 is 25.1. The number of aromatic carboxylic acids is 1. The molecule has 1 heterocycles. The minimum Gasteiger partial charge on any atom is -0.478 e. The van der Waals surface area contributed by atoms with Gasteiger partial charge in [0.25, 0.3) is 5.91 Å². The first-order valence-electron chi connectivity index (χ1n) is 7.83. The summed E-state index contributed by atoms with van der Waals surface area (Å²) in [6.45, 7) is 3.12. The van der Waals surface area contributed by atoms with Crippen molar-refractivity contribution in [3.63, 3.8) is 0 Å². The Morgan fingerprint density at radius 3 is 2.33 bits per heavy atom. The van der Waals surface area contributed by atoms with E-state index >= 15 is 0 Å². The topological polar surface area (TPSA) is 95.0 Å². The van der Waals surface area contributed by atoms with E-state index in [2.05, 4.69) is 0 Å². The number of nitrogens with zero attached hydrogens (tertiary/aromatic N) is 2. The molecule has 1 fully saturated rings. The van der Waals surface area contributed by atoms with E-state index in [0.29, 0.717) is 38.0 Å². The van der Waals surface area contributed by atoms with Gasteiger partial charge in [-0.25, -0.2) is 13.2 Å². The van der Waals surface area contributed by atoms with E-state index in [1.165, 1.54) is 22.7 Å². The molecule has 24 heavy (non-hydrogen) atoms. The lowest BCUT2D eigenvalue weighted by molar-refractivity contribution is 0.0680. The third kappa shape index (κ3) is 4.12. The van der Waals surface area contributed by atoms with Gasteiger partial charge < -0.3 is 10.0 Å². The summed E-state index contributed by atoms with van der Waals surface area (Å²) in [5.41, 5.74) is 0.411. The van der Waals surface area contributed by atoms with Crippen molar-refractivity contribution < 1.29 is 23.1 Å². The van der Waals surface area contributed by atoms with Gasteiger partial charge in [0.2, 0.25) is 10.0 Å². The summed E-state index contributed by atoms with van der Waals surface area (Å²) in [5, 5.41) is 9.01. The highest BCUT2D eigenvalue weighted by atomic mass is 32.2. The average molecular weight is 354 g/mol. The number of carboxylic acids is 1. The maximum Gasteiger partial charge on any atom is 0.335 e. The van der Waals surface area contributed by atoms with Crippen LogP contribution < -0.4 is 0 Å². The van der Waals surface area contributed by atoms with Crippen molar-refractivity contribution in [2.75, 3.05) is 25.9 Å². The van der Waals surface area contributed by atoms with Crippen LogP contribution in [0.3, 0.4) is 0 Å². The van der Waals surface area contributed by atoms with Gasteiger partial charge in [0.1, 0.15) is 0 Å². The number of hydrogen-bond acceptors (Lipinski definition) is 4. The SMILES string of the molecule is CCN(C1CCN(C(=O)c2cccc(C(=O)O)c2)CC1)S(C)(=O)=O. The molecule has 132 valence electrons. The number of likely N-dealkylation sites (tertiary alicyclic amines) is 1. The second kappa shape index (κ2) is 7.31. The Hall–Kier alpha value is -1.93. The quantitative estimate of drug-likeness (QED) is 0.859. The van der Waals surface area contributed by atoms with Gasteiger partial charge in [-0.15, -0.1) is 0 Å². The van der Waals surface area contributed by atoms with Gasteiger partial charge in [-0.3, -0.25) is 4.79 Å². The Labute approximate surface area is 141 Å². The van der Waals surface area contributed by atoms with Crippen molar-refractivity contribution in [3.8, 4) is 0 Å². The number of rotatable bonds is 5. The summed E-state index contributed by atoms with van der Waals surface area (Å²) in [6, 6.07) is 5.85. The zero-order valence-electron chi connectivity index (χ0n) is 13.8. The monoisotopic (exact) mass is 354 g/mol. The van der Waals surface area contributed by atoms with Gasteiger partial charge in [-0.05, 0) is 31.0 Å². The molecule has 7 nitrogen and oxygen atoms in total. The number of carbonyl (C=O) groups is 2. The van der Waals surface area contributed by atoms with Gasteiger partial charge in [0, 0.05) is 31.2 Å². The Morgan fingerprint density at radius 2 is 1.83 bits per heavy atom. The lowest BCUT2D eigenvalue weighted by Crippen LogP contribution is -2.48. The van der Waals surface area contributed by atoms with Crippen molar-refractivity contribution in [1.29, 1.82) is 0 Å². The maximum absolute atomic E-state index is 12.5. The number of carboxylic acid groups (broad SMARTS) is 1. The molecular weight excluding hydrogens is 332 g/mol. The molecule has 0 spiro atoms. The maximum atomic E-state index is 12.5. The van der Waals surface area contributed by atoms with Crippen LogP contribution in [0.4, 0.5) is 0 Å². The van der Waals surface area contributed by atoms with Crippen LogP contribution in [0.5, 0.6) is 0 Å². The third-order valence-electron chi connectivity index (χ3n) is 4.25. The van der Waals surface area contributed by atoms with Gasteiger partial charge >= 0.3 is 5.97 Å². The molecule has 1 saturated heterocycles. The van der Waals surface area contributed by atoms with Crippen LogP contribution in [0.25, 0.3) is 0 Å². The predicted molar refractivity (Wildman–Crippen MR) is 89.6 cm³/mol. The standard InChI is InChI=1S/C16H22N2O5S/c1-3-18(24(2,22)23)14-7-9-17(10-8-14)15(19)12-5-4-6-13(11-12)16(20)21/h4-6,11,14H,3,7-10H2,1-2H3,(H,20,21). The van der Waals surface area contributed by atoms with Crippen LogP contribution >= 0.6 is 0 Å². The van der Waals surface area contributed by atoms with E-state index in [0.717, 1.165) is 0 Å². The zero-order valence-corrected chi connectivity index (χ0v) is 14.6. The normalized spacial score (nSPS) is 16.4. The van der Waals surface area contributed by atoms with Crippen molar-refractivity contribution in [2.24, 2.45) is 0 Å². The first-order valence-corrected chi connectivity index (χ1v) is 9.68. The second-order valence-corrected chi connectivity index (χ2v) is 7.81. The molecule has 1 amide bonds. The van der Waals surface area contributed by atoms with Crippen molar-refractivity contribution in [2.45, 2.75) is 25.8 Å². The van der Waals surface area contributed by atoms with Crippen LogP contribution in [0.2, 0.25) is 0 Å². The van der Waals surface area contributed by atoms with Crippen molar-refractivity contribution >= 4 is 21.9 Å². The first kappa shape index (κ1) is 18.4. The van der Waals surface area contributed by atoms with E-state index in [9.17, 15) is 18.0 Å². The molecule has 0 saturated carbocycles. The van der Waals surface area contributed by atoms with Crippen LogP contribution in [0.15, 0.2) is 24.3 Å². The first-order chi connectivity index (χ1) is 11.2. The molecule has 0 aromatic heterocycles. The minimum absolute atomic E-state index is 0.0740. The molecule has 1 aromatic rings. The fraction of sp³-hybridized carbons (Fsp3) is 0.500. The minimum atomic E-state index is -3.26. The van der Waals surface area contributed by atoms with E-state index < -0.39 is 16.0 Å². The Bertz CT molecular complexity index is 724.